The minimum absolute atomic E-state index is 0.209. The summed E-state index contributed by atoms with van der Waals surface area (Å²) in [6, 6.07) is 17.0. The highest BCUT2D eigenvalue weighted by Gasteiger charge is 2.28. The van der Waals surface area contributed by atoms with Crippen LogP contribution >= 0.6 is 0 Å². The molecule has 0 aliphatic carbocycles. The Morgan fingerprint density at radius 2 is 1.68 bits per heavy atom. The van der Waals surface area contributed by atoms with Crippen LogP contribution in [0.1, 0.15) is 53.1 Å². The van der Waals surface area contributed by atoms with E-state index in [0.717, 1.165) is 28.3 Å². The highest BCUT2D eigenvalue weighted by molar-refractivity contribution is 5.93. The van der Waals surface area contributed by atoms with Gasteiger partial charge in [0, 0.05) is 16.8 Å². The molecule has 126 valence electrons. The molecule has 2 aromatic carbocycles. The number of ether oxygens (including phenoxy) is 1. The summed E-state index contributed by atoms with van der Waals surface area (Å²) in [6.07, 6.45) is 0. The van der Waals surface area contributed by atoms with Crippen molar-refractivity contribution in [3.8, 4) is 11.5 Å². The largest absolute Gasteiger partial charge is 0.457 e. The minimum Gasteiger partial charge on any atom is -0.457 e. The number of carbonyl (C=O) groups is 1. The number of aromatic amines is 1. The number of H-pyrrole nitrogens is 1. The van der Waals surface area contributed by atoms with Gasteiger partial charge < -0.3 is 10.1 Å². The summed E-state index contributed by atoms with van der Waals surface area (Å²) in [5.74, 6) is 1.60. The maximum atomic E-state index is 12.7. The summed E-state index contributed by atoms with van der Waals surface area (Å²) in [5.41, 5.74) is 3.21. The molecule has 0 radical (unpaired) electrons. The third-order valence-electron chi connectivity index (χ3n) is 4.41. The molecule has 5 heteroatoms. The fraction of sp³-hybridized carbons (Fsp3) is 0.200. The average molecular weight is 333 g/mol. The van der Waals surface area contributed by atoms with E-state index in [1.807, 2.05) is 48.5 Å². The van der Waals surface area contributed by atoms with Crippen LogP contribution in [0.3, 0.4) is 0 Å². The van der Waals surface area contributed by atoms with Crippen LogP contribution in [0.2, 0.25) is 0 Å². The standard InChI is InChI=1S/C20H19N3O2/c1-12(2)15-11-16(23-22-15)20(24)21-19-13-7-3-5-9-17(13)25-18-10-6-4-8-14(18)19/h3-12,19H,1-2H3,(H,21,24)(H,22,23). The Hall–Kier alpha value is -3.08. The van der Waals surface area contributed by atoms with Crippen LogP contribution < -0.4 is 10.1 Å². The SMILES string of the molecule is CC(C)c1cc(C(=O)NC2c3ccccc3Oc3ccccc32)n[nH]1. The van der Waals surface area contributed by atoms with Crippen LogP contribution in [0.5, 0.6) is 11.5 Å². The Morgan fingerprint density at radius 1 is 1.08 bits per heavy atom. The number of amides is 1. The van der Waals surface area contributed by atoms with Crippen LogP contribution in [0.4, 0.5) is 0 Å². The van der Waals surface area contributed by atoms with Crippen LogP contribution in [0, 0.1) is 0 Å². The molecule has 1 aliphatic rings. The van der Waals surface area contributed by atoms with Crippen molar-refractivity contribution >= 4 is 5.91 Å². The second-order valence-electron chi connectivity index (χ2n) is 6.45. The molecule has 1 aromatic heterocycles. The number of hydrogen-bond acceptors (Lipinski definition) is 3. The summed E-state index contributed by atoms with van der Waals surface area (Å²) in [6.45, 7) is 4.11. The number of hydrogen-bond donors (Lipinski definition) is 2. The third-order valence-corrected chi connectivity index (χ3v) is 4.41. The van der Waals surface area contributed by atoms with E-state index >= 15 is 0 Å². The van der Waals surface area contributed by atoms with Crippen LogP contribution in [-0.2, 0) is 0 Å². The fourth-order valence-corrected chi connectivity index (χ4v) is 3.02. The predicted octanol–water partition coefficient (Wildman–Crippen LogP) is 4.16. The topological polar surface area (TPSA) is 67.0 Å². The number of nitrogens with one attached hydrogen (secondary N) is 2. The van der Waals surface area contributed by atoms with E-state index in [1.165, 1.54) is 0 Å². The van der Waals surface area contributed by atoms with Crippen molar-refractivity contribution < 1.29 is 9.53 Å². The summed E-state index contributed by atoms with van der Waals surface area (Å²) >= 11 is 0. The number of benzene rings is 2. The third kappa shape index (κ3) is 2.78. The first kappa shape index (κ1) is 15.4. The molecule has 0 spiro atoms. The average Bonchev–Trinajstić information content (AvgIpc) is 3.12. The molecule has 3 aromatic rings. The first-order valence-electron chi connectivity index (χ1n) is 8.35. The second-order valence-corrected chi connectivity index (χ2v) is 6.45. The summed E-state index contributed by atoms with van der Waals surface area (Å²) in [7, 11) is 0. The van der Waals surface area contributed by atoms with Crippen LogP contribution in [0.25, 0.3) is 0 Å². The Kier molecular flexibility index (Phi) is 3.76. The van der Waals surface area contributed by atoms with Gasteiger partial charge in [0.1, 0.15) is 17.2 Å². The summed E-state index contributed by atoms with van der Waals surface area (Å²) in [5, 5.41) is 10.2. The van der Waals surface area contributed by atoms with Gasteiger partial charge in [0.2, 0.25) is 0 Å². The lowest BCUT2D eigenvalue weighted by Gasteiger charge is -2.28. The second kappa shape index (κ2) is 6.09. The van der Waals surface area contributed by atoms with E-state index in [9.17, 15) is 4.79 Å². The van der Waals surface area contributed by atoms with Gasteiger partial charge in [0.05, 0.1) is 6.04 Å². The van der Waals surface area contributed by atoms with Crippen molar-refractivity contribution in [2.75, 3.05) is 0 Å². The van der Waals surface area contributed by atoms with Crippen molar-refractivity contribution in [2.45, 2.75) is 25.8 Å². The zero-order valence-electron chi connectivity index (χ0n) is 14.1. The van der Waals surface area contributed by atoms with Gasteiger partial charge in [-0.05, 0) is 24.1 Å². The van der Waals surface area contributed by atoms with Gasteiger partial charge in [-0.25, -0.2) is 0 Å². The maximum absolute atomic E-state index is 12.7. The number of rotatable bonds is 3. The molecule has 0 saturated heterocycles. The molecule has 0 atom stereocenters. The van der Waals surface area contributed by atoms with Gasteiger partial charge in [0.25, 0.3) is 5.91 Å². The lowest BCUT2D eigenvalue weighted by Crippen LogP contribution is -2.31. The number of aromatic nitrogens is 2. The first-order valence-corrected chi connectivity index (χ1v) is 8.35. The van der Waals surface area contributed by atoms with Crippen molar-refractivity contribution in [3.63, 3.8) is 0 Å². The van der Waals surface area contributed by atoms with Crippen molar-refractivity contribution in [1.29, 1.82) is 0 Å². The summed E-state index contributed by atoms with van der Waals surface area (Å²) in [4.78, 5) is 12.7. The monoisotopic (exact) mass is 333 g/mol. The van der Waals surface area contributed by atoms with Gasteiger partial charge in [-0.2, -0.15) is 5.10 Å². The molecule has 0 unspecified atom stereocenters. The van der Waals surface area contributed by atoms with E-state index in [1.54, 1.807) is 6.07 Å². The van der Waals surface area contributed by atoms with Crippen LogP contribution in [-0.4, -0.2) is 16.1 Å². The Bertz CT molecular complexity index is 884. The van der Waals surface area contributed by atoms with Crippen molar-refractivity contribution in [3.05, 3.63) is 77.1 Å². The summed E-state index contributed by atoms with van der Waals surface area (Å²) < 4.78 is 5.96. The molecule has 1 aliphatic heterocycles. The molecule has 2 N–H and O–H groups in total. The molecule has 0 bridgehead atoms. The zero-order chi connectivity index (χ0) is 17.4. The Morgan fingerprint density at radius 3 is 2.24 bits per heavy atom. The molecule has 0 fully saturated rings. The Labute approximate surface area is 146 Å². The first-order chi connectivity index (χ1) is 12.1. The highest BCUT2D eigenvalue weighted by Crippen LogP contribution is 2.42. The molecule has 2 heterocycles. The molecule has 4 rings (SSSR count). The predicted molar refractivity (Wildman–Crippen MR) is 94.9 cm³/mol. The Balaban J connectivity index is 1.68. The van der Waals surface area contributed by atoms with E-state index in [-0.39, 0.29) is 11.9 Å². The lowest BCUT2D eigenvalue weighted by atomic mass is 9.94. The number of para-hydroxylation sites is 2. The van der Waals surface area contributed by atoms with Gasteiger partial charge in [-0.3, -0.25) is 9.89 Å². The van der Waals surface area contributed by atoms with Crippen molar-refractivity contribution in [1.82, 2.24) is 15.5 Å². The minimum atomic E-state index is -0.271. The van der Waals surface area contributed by atoms with Gasteiger partial charge >= 0.3 is 0 Å². The van der Waals surface area contributed by atoms with Gasteiger partial charge in [0.15, 0.2) is 0 Å². The molecule has 0 saturated carbocycles. The van der Waals surface area contributed by atoms with Gasteiger partial charge in [-0.15, -0.1) is 0 Å². The highest BCUT2D eigenvalue weighted by atomic mass is 16.5. The normalized spacial score (nSPS) is 13.1. The lowest BCUT2D eigenvalue weighted by molar-refractivity contribution is 0.0936. The number of carbonyl (C=O) groups excluding carboxylic acids is 1. The zero-order valence-corrected chi connectivity index (χ0v) is 14.1. The smallest absolute Gasteiger partial charge is 0.272 e. The maximum Gasteiger partial charge on any atom is 0.272 e. The van der Waals surface area contributed by atoms with Gasteiger partial charge in [-0.1, -0.05) is 50.2 Å². The number of nitrogens with zero attached hydrogens (tertiary/aromatic N) is 1. The van der Waals surface area contributed by atoms with E-state index < -0.39 is 0 Å². The number of fused-ring (bicyclic) bond motifs is 2. The van der Waals surface area contributed by atoms with E-state index in [4.69, 9.17) is 4.74 Å². The van der Waals surface area contributed by atoms with Crippen molar-refractivity contribution in [2.24, 2.45) is 0 Å². The quantitative estimate of drug-likeness (QED) is 0.756. The molecule has 25 heavy (non-hydrogen) atoms. The molecular weight excluding hydrogens is 314 g/mol. The molecule has 1 amide bonds. The van der Waals surface area contributed by atoms with E-state index in [0.29, 0.717) is 11.6 Å². The fourth-order valence-electron chi connectivity index (χ4n) is 3.02. The molecular formula is C20H19N3O2. The van der Waals surface area contributed by atoms with E-state index in [2.05, 4.69) is 29.4 Å². The molecule has 5 nitrogen and oxygen atoms in total. The van der Waals surface area contributed by atoms with Crippen LogP contribution in [0.15, 0.2) is 54.6 Å².